The first-order valence-corrected chi connectivity index (χ1v) is 8.70. The van der Waals surface area contributed by atoms with Crippen LogP contribution in [-0.2, 0) is 0 Å². The Morgan fingerprint density at radius 2 is 1.80 bits per heavy atom. The second-order valence-electron chi connectivity index (χ2n) is 5.37. The van der Waals surface area contributed by atoms with E-state index >= 15 is 0 Å². The number of anilines is 1. The van der Waals surface area contributed by atoms with Crippen molar-refractivity contribution in [2.75, 3.05) is 45.3 Å². The van der Waals surface area contributed by atoms with Gasteiger partial charge < -0.3 is 19.7 Å². The Balaban J connectivity index is 1.96. The predicted molar refractivity (Wildman–Crippen MR) is 95.5 cm³/mol. The van der Waals surface area contributed by atoms with E-state index in [-0.39, 0.29) is 0 Å². The number of rotatable bonds is 5. The fraction of sp³-hybridized carbons (Fsp3) is 0.353. The molecule has 0 atom stereocenters. The minimum atomic E-state index is 0.439. The Morgan fingerprint density at radius 3 is 2.40 bits per heavy atom. The number of nitriles is 1. The van der Waals surface area contributed by atoms with Crippen LogP contribution in [-0.4, -0.2) is 50.4 Å². The molecule has 1 saturated heterocycles. The average molecular weight is 357 g/mol. The lowest BCUT2D eigenvalue weighted by atomic mass is 10.2. The van der Waals surface area contributed by atoms with Gasteiger partial charge in [-0.2, -0.15) is 15.2 Å². The molecule has 0 amide bonds. The van der Waals surface area contributed by atoms with Crippen LogP contribution in [0.3, 0.4) is 0 Å². The van der Waals surface area contributed by atoms with E-state index in [1.807, 2.05) is 18.2 Å². The van der Waals surface area contributed by atoms with Crippen LogP contribution in [0.15, 0.2) is 34.3 Å². The highest BCUT2D eigenvalue weighted by molar-refractivity contribution is 7.99. The van der Waals surface area contributed by atoms with Gasteiger partial charge in [0.1, 0.15) is 0 Å². The molecule has 8 heteroatoms. The molecule has 1 aliphatic heterocycles. The Kier molecular flexibility index (Phi) is 5.58. The highest BCUT2D eigenvalue weighted by Gasteiger charge is 2.17. The van der Waals surface area contributed by atoms with E-state index < -0.39 is 0 Å². The molecule has 1 N–H and O–H groups in total. The van der Waals surface area contributed by atoms with Crippen LogP contribution in [0.4, 0.5) is 5.69 Å². The molecule has 1 aromatic heterocycles. The maximum atomic E-state index is 9.24. The number of methoxy groups -OCH3 is 2. The van der Waals surface area contributed by atoms with E-state index in [0.717, 1.165) is 36.8 Å². The first-order chi connectivity index (χ1) is 12.2. The third kappa shape index (κ3) is 4.13. The quantitative estimate of drug-likeness (QED) is 0.813. The molecule has 1 fully saturated rings. The van der Waals surface area contributed by atoms with Gasteiger partial charge >= 0.3 is 0 Å². The van der Waals surface area contributed by atoms with Crippen molar-refractivity contribution in [3.63, 3.8) is 0 Å². The fourth-order valence-electron chi connectivity index (χ4n) is 2.57. The minimum absolute atomic E-state index is 0.439. The highest BCUT2D eigenvalue weighted by atomic mass is 32.2. The van der Waals surface area contributed by atoms with E-state index in [1.54, 1.807) is 20.3 Å². The van der Waals surface area contributed by atoms with Crippen molar-refractivity contribution < 1.29 is 9.47 Å². The van der Waals surface area contributed by atoms with Crippen molar-refractivity contribution in [2.45, 2.75) is 10.1 Å². The molecule has 25 heavy (non-hydrogen) atoms. The first kappa shape index (κ1) is 17.3. The molecule has 7 nitrogen and oxygen atoms in total. The van der Waals surface area contributed by atoms with E-state index in [1.165, 1.54) is 11.8 Å². The largest absolute Gasteiger partial charge is 0.481 e. The smallest absolute Gasteiger partial charge is 0.220 e. The lowest BCUT2D eigenvalue weighted by Crippen LogP contribution is -2.43. The van der Waals surface area contributed by atoms with Crippen molar-refractivity contribution in [1.29, 1.82) is 5.26 Å². The summed E-state index contributed by atoms with van der Waals surface area (Å²) in [5.41, 5.74) is 1.69. The van der Waals surface area contributed by atoms with Crippen LogP contribution in [0.25, 0.3) is 0 Å². The lowest BCUT2D eigenvalue weighted by Gasteiger charge is -2.31. The monoisotopic (exact) mass is 357 g/mol. The summed E-state index contributed by atoms with van der Waals surface area (Å²) in [6.45, 7) is 3.71. The molecule has 0 spiro atoms. The molecular weight excluding hydrogens is 338 g/mol. The van der Waals surface area contributed by atoms with Crippen LogP contribution in [0, 0.1) is 11.3 Å². The van der Waals surface area contributed by atoms with Crippen LogP contribution >= 0.6 is 11.8 Å². The summed E-state index contributed by atoms with van der Waals surface area (Å²) in [5.74, 6) is 0.879. The molecule has 0 radical (unpaired) electrons. The summed E-state index contributed by atoms with van der Waals surface area (Å²) >= 11 is 1.40. The number of benzene rings is 1. The van der Waals surface area contributed by atoms with Crippen molar-refractivity contribution in [3.8, 4) is 17.8 Å². The van der Waals surface area contributed by atoms with E-state index in [2.05, 4.69) is 26.3 Å². The Morgan fingerprint density at radius 1 is 1.12 bits per heavy atom. The average Bonchev–Trinajstić information content (AvgIpc) is 2.68. The number of ether oxygens (including phenoxy) is 2. The highest BCUT2D eigenvalue weighted by Crippen LogP contribution is 2.36. The van der Waals surface area contributed by atoms with Crippen molar-refractivity contribution in [2.24, 2.45) is 0 Å². The molecule has 2 heterocycles. The number of hydrogen-bond donors (Lipinski definition) is 1. The van der Waals surface area contributed by atoms with Gasteiger partial charge in [-0.25, -0.2) is 0 Å². The van der Waals surface area contributed by atoms with Crippen molar-refractivity contribution >= 4 is 17.4 Å². The second kappa shape index (κ2) is 8.05. The molecule has 1 aromatic carbocycles. The zero-order chi connectivity index (χ0) is 17.6. The lowest BCUT2D eigenvalue weighted by molar-refractivity contribution is 0.364. The summed E-state index contributed by atoms with van der Waals surface area (Å²) in [6, 6.07) is 9.53. The van der Waals surface area contributed by atoms with Crippen molar-refractivity contribution in [1.82, 2.24) is 15.3 Å². The summed E-state index contributed by atoms with van der Waals surface area (Å²) < 4.78 is 10.4. The van der Waals surface area contributed by atoms with Crippen LogP contribution in [0.5, 0.6) is 11.8 Å². The number of nitrogens with zero attached hydrogens (tertiary/aromatic N) is 4. The molecule has 2 aromatic rings. The second-order valence-corrected chi connectivity index (χ2v) is 6.38. The van der Waals surface area contributed by atoms with E-state index in [4.69, 9.17) is 9.47 Å². The number of aromatic nitrogens is 2. The summed E-state index contributed by atoms with van der Waals surface area (Å²) in [4.78, 5) is 12.0. The van der Waals surface area contributed by atoms with Gasteiger partial charge in [0, 0.05) is 31.1 Å². The number of piperazine rings is 1. The topological polar surface area (TPSA) is 83.3 Å². The van der Waals surface area contributed by atoms with E-state index in [0.29, 0.717) is 22.5 Å². The third-order valence-electron chi connectivity index (χ3n) is 3.82. The molecule has 1 aliphatic rings. The maximum Gasteiger partial charge on any atom is 0.220 e. The Bertz CT molecular complexity index is 765. The SMILES string of the molecule is COc1cc(OC)nc(Sc2cc(C#N)ccc2N2CCNCC2)n1. The third-order valence-corrected chi connectivity index (χ3v) is 4.74. The Hall–Kier alpha value is -2.50. The van der Waals surface area contributed by atoms with Gasteiger partial charge in [0.25, 0.3) is 0 Å². The number of nitrogens with one attached hydrogen (secondary N) is 1. The summed E-state index contributed by atoms with van der Waals surface area (Å²) in [6.07, 6.45) is 0. The Labute approximate surface area is 151 Å². The molecule has 0 unspecified atom stereocenters. The molecule has 0 aliphatic carbocycles. The molecular formula is C17H19N5O2S. The number of hydrogen-bond acceptors (Lipinski definition) is 8. The van der Waals surface area contributed by atoms with Gasteiger partial charge in [-0.15, -0.1) is 0 Å². The van der Waals surface area contributed by atoms with Crippen LogP contribution < -0.4 is 19.7 Å². The summed E-state index contributed by atoms with van der Waals surface area (Å²) in [7, 11) is 3.11. The van der Waals surface area contributed by atoms with Gasteiger partial charge in [0.15, 0.2) is 5.16 Å². The van der Waals surface area contributed by atoms with Crippen molar-refractivity contribution in [3.05, 3.63) is 29.8 Å². The van der Waals surface area contributed by atoms with Crippen LogP contribution in [0.2, 0.25) is 0 Å². The van der Waals surface area contributed by atoms with Crippen LogP contribution in [0.1, 0.15) is 5.56 Å². The molecule has 0 saturated carbocycles. The van der Waals surface area contributed by atoms with E-state index in [9.17, 15) is 5.26 Å². The minimum Gasteiger partial charge on any atom is -0.481 e. The van der Waals surface area contributed by atoms with Gasteiger partial charge in [0.05, 0.1) is 37.6 Å². The van der Waals surface area contributed by atoms with Gasteiger partial charge in [-0.3, -0.25) is 0 Å². The molecule has 0 bridgehead atoms. The fourth-order valence-corrected chi connectivity index (χ4v) is 3.52. The maximum absolute atomic E-state index is 9.24. The summed E-state index contributed by atoms with van der Waals surface area (Å²) in [5, 5.41) is 13.1. The molecule has 130 valence electrons. The first-order valence-electron chi connectivity index (χ1n) is 7.88. The standard InChI is InChI=1S/C17H19N5O2S/c1-23-15-10-16(24-2)21-17(20-15)25-14-9-12(11-18)3-4-13(14)22-7-5-19-6-8-22/h3-4,9-10,19H,5-8H2,1-2H3. The van der Waals surface area contributed by atoms with Gasteiger partial charge in [0.2, 0.25) is 11.8 Å². The van der Waals surface area contributed by atoms with Gasteiger partial charge in [-0.1, -0.05) is 0 Å². The zero-order valence-corrected chi connectivity index (χ0v) is 15.0. The molecule has 3 rings (SSSR count). The zero-order valence-electron chi connectivity index (χ0n) is 14.2. The normalized spacial score (nSPS) is 14.0. The predicted octanol–water partition coefficient (Wildman–Crippen LogP) is 1.93. The van der Waals surface area contributed by atoms with Gasteiger partial charge in [-0.05, 0) is 30.0 Å².